The van der Waals surface area contributed by atoms with Crippen molar-refractivity contribution in [1.82, 2.24) is 0 Å². The topological polar surface area (TPSA) is 0 Å². The molecule has 0 saturated carbocycles. The fourth-order valence-electron chi connectivity index (χ4n) is 1.30. The van der Waals surface area contributed by atoms with Crippen LogP contribution < -0.4 is 0 Å². The minimum Gasteiger partial charge on any atom is -0.198 e. The zero-order valence-electron chi connectivity index (χ0n) is 11.7. The van der Waals surface area contributed by atoms with Crippen LogP contribution in [0.25, 0.3) is 0 Å². The summed E-state index contributed by atoms with van der Waals surface area (Å²) in [6.45, 7) is 13.3. The van der Waals surface area contributed by atoms with E-state index in [4.69, 9.17) is 0 Å². The molecular formula is C17H24S. The lowest BCUT2D eigenvalue weighted by Gasteiger charge is -2.34. The predicted octanol–water partition coefficient (Wildman–Crippen LogP) is 5.51. The van der Waals surface area contributed by atoms with Crippen LogP contribution in [0.4, 0.5) is 0 Å². The molecule has 18 heavy (non-hydrogen) atoms. The second-order valence-electron chi connectivity index (χ2n) is 4.12. The monoisotopic (exact) mass is 260 g/mol. The molecular weight excluding hydrogens is 236 g/mol. The van der Waals surface area contributed by atoms with Crippen molar-refractivity contribution in [2.24, 2.45) is 0 Å². The molecule has 0 unspecified atom stereocenters. The molecule has 0 aromatic rings. The predicted molar refractivity (Wildman–Crippen MR) is 90.2 cm³/mol. The van der Waals surface area contributed by atoms with E-state index in [0.29, 0.717) is 0 Å². The molecule has 0 amide bonds. The summed E-state index contributed by atoms with van der Waals surface area (Å²) in [7, 11) is -0.985. The summed E-state index contributed by atoms with van der Waals surface area (Å²) in [5.41, 5.74) is 0. The second-order valence-corrected chi connectivity index (χ2v) is 7.89. The van der Waals surface area contributed by atoms with Gasteiger partial charge in [0.1, 0.15) is 0 Å². The Balaban J connectivity index is 5.35. The molecule has 0 heterocycles. The first-order valence-electron chi connectivity index (χ1n) is 5.82. The lowest BCUT2D eigenvalue weighted by atomic mass is 10.4. The molecule has 0 spiro atoms. The van der Waals surface area contributed by atoms with Gasteiger partial charge in [-0.05, 0) is 35.3 Å². The zero-order valence-corrected chi connectivity index (χ0v) is 12.5. The van der Waals surface area contributed by atoms with Gasteiger partial charge in [0.2, 0.25) is 0 Å². The fraction of sp³-hybridized carbons (Fsp3) is 0.176. The van der Waals surface area contributed by atoms with Crippen LogP contribution >= 0.6 is 10.0 Å². The number of hydrogen-bond donors (Lipinski definition) is 0. The zero-order chi connectivity index (χ0) is 14.0. The highest BCUT2D eigenvalue weighted by Gasteiger charge is 2.16. The molecule has 98 valence electrons. The Labute approximate surface area is 114 Å². The van der Waals surface area contributed by atoms with E-state index >= 15 is 0 Å². The fourth-order valence-corrected chi connectivity index (χ4v) is 2.95. The molecule has 0 aliphatic rings. The largest absolute Gasteiger partial charge is 0.198 e. The average molecular weight is 260 g/mol. The van der Waals surface area contributed by atoms with Crippen LogP contribution in [0.5, 0.6) is 0 Å². The van der Waals surface area contributed by atoms with Crippen LogP contribution in [-0.4, -0.2) is 12.5 Å². The lowest BCUT2D eigenvalue weighted by molar-refractivity contribution is 1.63. The van der Waals surface area contributed by atoms with Crippen molar-refractivity contribution in [2.45, 2.75) is 6.92 Å². The average Bonchev–Trinajstić information content (AvgIpc) is 2.34. The Morgan fingerprint density at radius 2 is 1.44 bits per heavy atom. The van der Waals surface area contributed by atoms with Crippen molar-refractivity contribution in [3.8, 4) is 0 Å². The van der Waals surface area contributed by atoms with E-state index in [1.165, 1.54) is 9.81 Å². The van der Waals surface area contributed by atoms with Gasteiger partial charge in [-0.15, -0.1) is 0 Å². The molecule has 0 aromatic carbocycles. The molecule has 0 nitrogen and oxygen atoms in total. The maximum Gasteiger partial charge on any atom is -0.00671 e. The first kappa shape index (κ1) is 16.5. The third kappa shape index (κ3) is 5.24. The summed E-state index contributed by atoms with van der Waals surface area (Å²) in [6.07, 6.45) is 22.2. The van der Waals surface area contributed by atoms with Crippen molar-refractivity contribution < 1.29 is 0 Å². The first-order valence-corrected chi connectivity index (χ1v) is 8.27. The van der Waals surface area contributed by atoms with Gasteiger partial charge >= 0.3 is 0 Å². The highest BCUT2D eigenvalue weighted by molar-refractivity contribution is 8.38. The van der Waals surface area contributed by atoms with Gasteiger partial charge in [-0.3, -0.25) is 0 Å². The van der Waals surface area contributed by atoms with E-state index in [9.17, 15) is 0 Å². The molecule has 0 radical (unpaired) electrons. The molecule has 0 aromatic heterocycles. The smallest absolute Gasteiger partial charge is 0.00671 e. The van der Waals surface area contributed by atoms with Gasteiger partial charge in [-0.1, -0.05) is 68.3 Å². The van der Waals surface area contributed by atoms with Gasteiger partial charge in [-0.25, -0.2) is 0 Å². The van der Waals surface area contributed by atoms with E-state index in [2.05, 4.69) is 57.4 Å². The Bertz CT molecular complexity index is 415. The molecule has 0 fully saturated rings. The second kappa shape index (κ2) is 8.60. The van der Waals surface area contributed by atoms with Gasteiger partial charge < -0.3 is 0 Å². The van der Waals surface area contributed by atoms with Crippen molar-refractivity contribution in [3.05, 3.63) is 84.2 Å². The van der Waals surface area contributed by atoms with Gasteiger partial charge in [0.25, 0.3) is 0 Å². The van der Waals surface area contributed by atoms with Crippen molar-refractivity contribution in [3.63, 3.8) is 0 Å². The van der Waals surface area contributed by atoms with Gasteiger partial charge in [0.15, 0.2) is 0 Å². The van der Waals surface area contributed by atoms with E-state index in [0.717, 1.165) is 0 Å². The van der Waals surface area contributed by atoms with Crippen molar-refractivity contribution >= 4 is 10.0 Å². The lowest BCUT2D eigenvalue weighted by Crippen LogP contribution is -1.99. The number of allylic oxidation sites excluding steroid dienone is 10. The standard InChI is InChI=1S/C17H24S/c1-7-10-12-14-16(4)18(5,6)17(13-9-3)15-11-8-2/h7-15H,1-3H2,4-6H3/b12-10-,15-11-,16-14+,17-13+. The molecule has 0 atom stereocenters. The maximum atomic E-state index is 3.79. The number of hydrogen-bond acceptors (Lipinski definition) is 0. The van der Waals surface area contributed by atoms with Crippen LogP contribution in [0.2, 0.25) is 0 Å². The van der Waals surface area contributed by atoms with Crippen molar-refractivity contribution in [2.75, 3.05) is 12.5 Å². The Kier molecular flexibility index (Phi) is 7.89. The molecule has 0 aliphatic carbocycles. The summed E-state index contributed by atoms with van der Waals surface area (Å²) in [4.78, 5) is 2.65. The van der Waals surface area contributed by atoms with Crippen LogP contribution in [0.3, 0.4) is 0 Å². The first-order chi connectivity index (χ1) is 8.50. The van der Waals surface area contributed by atoms with Crippen LogP contribution in [-0.2, 0) is 0 Å². The third-order valence-electron chi connectivity index (χ3n) is 2.65. The third-order valence-corrected chi connectivity index (χ3v) is 5.85. The van der Waals surface area contributed by atoms with Gasteiger partial charge in [0, 0.05) is 0 Å². The minimum atomic E-state index is -0.985. The summed E-state index contributed by atoms with van der Waals surface area (Å²) in [5, 5.41) is 0. The summed E-state index contributed by atoms with van der Waals surface area (Å²) in [6, 6.07) is 0. The molecule has 0 bridgehead atoms. The summed E-state index contributed by atoms with van der Waals surface area (Å²) in [5.74, 6) is 0. The Morgan fingerprint density at radius 1 is 0.833 bits per heavy atom. The van der Waals surface area contributed by atoms with Gasteiger partial charge in [0.05, 0.1) is 0 Å². The SMILES string of the molecule is C=C/C=C\C=C(/C)S(C)(C)C(/C=C\C=C)=C/C=C. The van der Waals surface area contributed by atoms with Crippen molar-refractivity contribution in [1.29, 1.82) is 0 Å². The molecule has 1 heteroatoms. The molecule has 0 rings (SSSR count). The minimum absolute atomic E-state index is 0.985. The molecule has 0 N–H and O–H groups in total. The van der Waals surface area contributed by atoms with Crippen LogP contribution in [0.1, 0.15) is 6.92 Å². The number of rotatable bonds is 7. The quantitative estimate of drug-likeness (QED) is 0.530. The summed E-state index contributed by atoms with van der Waals surface area (Å²) >= 11 is 0. The van der Waals surface area contributed by atoms with E-state index < -0.39 is 10.0 Å². The highest BCUT2D eigenvalue weighted by Crippen LogP contribution is 2.56. The Morgan fingerprint density at radius 3 is 1.94 bits per heavy atom. The highest BCUT2D eigenvalue weighted by atomic mass is 32.3. The maximum absolute atomic E-state index is 3.79. The van der Waals surface area contributed by atoms with E-state index in [1.54, 1.807) is 12.2 Å². The summed E-state index contributed by atoms with van der Waals surface area (Å²) < 4.78 is 0. The van der Waals surface area contributed by atoms with E-state index in [-0.39, 0.29) is 0 Å². The Hall–Kier alpha value is -1.47. The van der Waals surface area contributed by atoms with E-state index in [1.807, 2.05) is 24.3 Å². The van der Waals surface area contributed by atoms with Crippen LogP contribution in [0, 0.1) is 0 Å². The molecule has 0 saturated heterocycles. The molecule has 0 aliphatic heterocycles. The van der Waals surface area contributed by atoms with Crippen LogP contribution in [0.15, 0.2) is 84.2 Å². The van der Waals surface area contributed by atoms with Gasteiger partial charge in [-0.2, -0.15) is 10.0 Å². The normalized spacial score (nSPS) is 15.1.